The minimum atomic E-state index is -0.281. The summed E-state index contributed by atoms with van der Waals surface area (Å²) in [5.41, 5.74) is 5.74. The van der Waals surface area contributed by atoms with Crippen LogP contribution in [0.5, 0.6) is 5.75 Å². The topological polar surface area (TPSA) is 72.2 Å². The number of esters is 1. The standard InChI is InChI=1S/C28H28N2O3S/c1-2-16-32-26(31)19-34-28-24(17-29)27(23-10-6-7-11-25(23)30-28)21-12-14-22(15-13-21)33-18-20-8-4-3-5-9-20/h3-5,8-9,12-15H,2,6-7,10-11,16,18-19H2,1H3. The fourth-order valence-electron chi connectivity index (χ4n) is 4.09. The molecular formula is C28H28N2O3S. The molecule has 0 atom stereocenters. The number of fused-ring (bicyclic) bond motifs is 1. The summed E-state index contributed by atoms with van der Waals surface area (Å²) in [7, 11) is 0. The van der Waals surface area contributed by atoms with E-state index in [0.717, 1.165) is 65.8 Å². The molecule has 0 aliphatic heterocycles. The fourth-order valence-corrected chi connectivity index (χ4v) is 4.89. The predicted octanol–water partition coefficient (Wildman–Crippen LogP) is 6.12. The zero-order chi connectivity index (χ0) is 23.8. The molecule has 1 aromatic heterocycles. The lowest BCUT2D eigenvalue weighted by Crippen LogP contribution is -2.12. The van der Waals surface area contributed by atoms with Crippen LogP contribution in [0.25, 0.3) is 11.1 Å². The van der Waals surface area contributed by atoms with E-state index in [4.69, 9.17) is 14.5 Å². The van der Waals surface area contributed by atoms with E-state index in [9.17, 15) is 10.1 Å². The molecule has 1 aliphatic carbocycles. The second-order valence-electron chi connectivity index (χ2n) is 8.22. The van der Waals surface area contributed by atoms with Crippen LogP contribution < -0.4 is 4.74 Å². The van der Waals surface area contributed by atoms with Gasteiger partial charge in [0.05, 0.1) is 17.9 Å². The first-order chi connectivity index (χ1) is 16.7. The summed E-state index contributed by atoms with van der Waals surface area (Å²) < 4.78 is 11.1. The molecular weight excluding hydrogens is 444 g/mol. The molecule has 3 aromatic rings. The molecule has 4 rings (SSSR count). The van der Waals surface area contributed by atoms with Gasteiger partial charge < -0.3 is 9.47 Å². The number of aromatic nitrogens is 1. The zero-order valence-corrected chi connectivity index (χ0v) is 20.2. The van der Waals surface area contributed by atoms with Gasteiger partial charge in [0, 0.05) is 11.3 Å². The molecule has 0 saturated carbocycles. The quantitative estimate of drug-likeness (QED) is 0.276. The first kappa shape index (κ1) is 23.8. The number of aryl methyl sites for hydroxylation is 1. The number of thioether (sulfide) groups is 1. The van der Waals surface area contributed by atoms with Gasteiger partial charge in [0.25, 0.3) is 0 Å². The second-order valence-corrected chi connectivity index (χ2v) is 9.18. The van der Waals surface area contributed by atoms with Gasteiger partial charge in [-0.15, -0.1) is 0 Å². The SMILES string of the molecule is CCCOC(=O)CSc1nc2c(c(-c3ccc(OCc4ccccc4)cc3)c1C#N)CCCC2. The summed E-state index contributed by atoms with van der Waals surface area (Å²) in [6.45, 7) is 2.87. The van der Waals surface area contributed by atoms with Crippen LogP contribution >= 0.6 is 11.8 Å². The average Bonchev–Trinajstić information content (AvgIpc) is 2.89. The molecule has 0 radical (unpaired) electrons. The van der Waals surface area contributed by atoms with E-state index in [1.54, 1.807) is 0 Å². The van der Waals surface area contributed by atoms with Gasteiger partial charge >= 0.3 is 5.97 Å². The Kier molecular flexibility index (Phi) is 8.21. The van der Waals surface area contributed by atoms with E-state index >= 15 is 0 Å². The number of rotatable bonds is 9. The van der Waals surface area contributed by atoms with Gasteiger partial charge in [0.15, 0.2) is 0 Å². The number of carbonyl (C=O) groups excluding carboxylic acids is 1. The van der Waals surface area contributed by atoms with Crippen LogP contribution in [0, 0.1) is 11.3 Å². The highest BCUT2D eigenvalue weighted by Crippen LogP contribution is 2.38. The maximum absolute atomic E-state index is 12.1. The summed E-state index contributed by atoms with van der Waals surface area (Å²) in [5.74, 6) is 0.644. The predicted molar refractivity (Wildman–Crippen MR) is 134 cm³/mol. The van der Waals surface area contributed by atoms with Gasteiger partial charge in [0.2, 0.25) is 0 Å². The Hall–Kier alpha value is -3.30. The van der Waals surface area contributed by atoms with E-state index in [2.05, 4.69) is 6.07 Å². The average molecular weight is 473 g/mol. The summed E-state index contributed by atoms with van der Waals surface area (Å²) >= 11 is 1.29. The van der Waals surface area contributed by atoms with Crippen molar-refractivity contribution in [2.24, 2.45) is 0 Å². The first-order valence-electron chi connectivity index (χ1n) is 11.7. The van der Waals surface area contributed by atoms with Crippen LogP contribution in [0.1, 0.15) is 48.6 Å². The lowest BCUT2D eigenvalue weighted by atomic mass is 9.87. The normalized spacial score (nSPS) is 12.5. The minimum Gasteiger partial charge on any atom is -0.489 e. The fraction of sp³-hybridized carbons (Fsp3) is 0.321. The van der Waals surface area contributed by atoms with Crippen molar-refractivity contribution in [3.63, 3.8) is 0 Å². The number of hydrogen-bond donors (Lipinski definition) is 0. The van der Waals surface area contributed by atoms with Crippen molar-refractivity contribution in [3.05, 3.63) is 77.0 Å². The smallest absolute Gasteiger partial charge is 0.316 e. The monoisotopic (exact) mass is 472 g/mol. The highest BCUT2D eigenvalue weighted by molar-refractivity contribution is 7.99. The maximum Gasteiger partial charge on any atom is 0.316 e. The van der Waals surface area contributed by atoms with Crippen molar-refractivity contribution in [2.75, 3.05) is 12.4 Å². The van der Waals surface area contributed by atoms with Gasteiger partial charge in [-0.1, -0.05) is 61.2 Å². The third-order valence-electron chi connectivity index (χ3n) is 5.74. The van der Waals surface area contributed by atoms with Gasteiger partial charge in [0.1, 0.15) is 23.5 Å². The molecule has 0 saturated heterocycles. The lowest BCUT2D eigenvalue weighted by Gasteiger charge is -2.22. The van der Waals surface area contributed by atoms with Crippen LogP contribution in [0.4, 0.5) is 0 Å². The molecule has 0 fully saturated rings. The van der Waals surface area contributed by atoms with Crippen LogP contribution in [0.15, 0.2) is 59.6 Å². The van der Waals surface area contributed by atoms with Crippen molar-refractivity contribution in [1.82, 2.24) is 4.98 Å². The van der Waals surface area contributed by atoms with Crippen LogP contribution in [-0.4, -0.2) is 23.3 Å². The molecule has 0 amide bonds. The van der Waals surface area contributed by atoms with Crippen molar-refractivity contribution >= 4 is 17.7 Å². The number of nitriles is 1. The molecule has 0 spiro atoms. The number of ether oxygens (including phenoxy) is 2. The highest BCUT2D eigenvalue weighted by atomic mass is 32.2. The minimum absolute atomic E-state index is 0.145. The van der Waals surface area contributed by atoms with Gasteiger partial charge in [-0.3, -0.25) is 4.79 Å². The molecule has 0 unspecified atom stereocenters. The summed E-state index contributed by atoms with van der Waals surface area (Å²) in [4.78, 5) is 16.9. The molecule has 34 heavy (non-hydrogen) atoms. The lowest BCUT2D eigenvalue weighted by molar-refractivity contribution is -0.140. The van der Waals surface area contributed by atoms with Gasteiger partial charge in [-0.05, 0) is 60.9 Å². The molecule has 2 aromatic carbocycles. The molecule has 6 heteroatoms. The molecule has 1 aliphatic rings. The Balaban J connectivity index is 1.60. The largest absolute Gasteiger partial charge is 0.489 e. The Morgan fingerprint density at radius 2 is 1.85 bits per heavy atom. The Bertz CT molecular complexity index is 1170. The maximum atomic E-state index is 12.1. The van der Waals surface area contributed by atoms with Crippen molar-refractivity contribution < 1.29 is 14.3 Å². The van der Waals surface area contributed by atoms with Gasteiger partial charge in [-0.25, -0.2) is 4.98 Å². The molecule has 1 heterocycles. The van der Waals surface area contributed by atoms with E-state index in [1.165, 1.54) is 11.8 Å². The number of pyridine rings is 1. The number of benzene rings is 2. The Labute approximate surface area is 205 Å². The molecule has 0 bridgehead atoms. The molecule has 0 N–H and O–H groups in total. The van der Waals surface area contributed by atoms with Crippen LogP contribution in [0.2, 0.25) is 0 Å². The second kappa shape index (κ2) is 11.7. The van der Waals surface area contributed by atoms with E-state index in [1.807, 2.05) is 61.5 Å². The van der Waals surface area contributed by atoms with Gasteiger partial charge in [-0.2, -0.15) is 5.26 Å². The number of hydrogen-bond acceptors (Lipinski definition) is 6. The van der Waals surface area contributed by atoms with Crippen molar-refractivity contribution in [2.45, 2.75) is 50.7 Å². The molecule has 5 nitrogen and oxygen atoms in total. The Morgan fingerprint density at radius 3 is 2.59 bits per heavy atom. The third-order valence-corrected chi connectivity index (χ3v) is 6.69. The molecule has 174 valence electrons. The van der Waals surface area contributed by atoms with Crippen LogP contribution in [0.3, 0.4) is 0 Å². The zero-order valence-electron chi connectivity index (χ0n) is 19.4. The Morgan fingerprint density at radius 1 is 1.09 bits per heavy atom. The summed E-state index contributed by atoms with van der Waals surface area (Å²) in [6, 6.07) is 20.3. The summed E-state index contributed by atoms with van der Waals surface area (Å²) in [5, 5.41) is 10.7. The van der Waals surface area contributed by atoms with Crippen molar-refractivity contribution in [3.8, 4) is 22.9 Å². The first-order valence-corrected chi connectivity index (χ1v) is 12.7. The van der Waals surface area contributed by atoms with E-state index in [-0.39, 0.29) is 11.7 Å². The third kappa shape index (κ3) is 5.78. The van der Waals surface area contributed by atoms with E-state index < -0.39 is 0 Å². The van der Waals surface area contributed by atoms with E-state index in [0.29, 0.717) is 23.8 Å². The number of carbonyl (C=O) groups is 1. The highest BCUT2D eigenvalue weighted by Gasteiger charge is 2.23. The van der Waals surface area contributed by atoms with Crippen molar-refractivity contribution in [1.29, 1.82) is 5.26 Å². The van der Waals surface area contributed by atoms with Crippen LogP contribution in [-0.2, 0) is 29.0 Å². The summed E-state index contributed by atoms with van der Waals surface area (Å²) in [6.07, 6.45) is 4.75. The number of nitrogens with zero attached hydrogens (tertiary/aromatic N) is 2.